The Morgan fingerprint density at radius 2 is 1.59 bits per heavy atom. The lowest BCUT2D eigenvalue weighted by Crippen LogP contribution is -2.45. The van der Waals surface area contributed by atoms with Crippen LogP contribution < -0.4 is 4.90 Å². The Bertz CT molecular complexity index is 1520. The van der Waals surface area contributed by atoms with Gasteiger partial charge in [0.2, 0.25) is 0 Å². The number of nitrogens with one attached hydrogen (secondary N) is 1. The second kappa shape index (κ2) is 9.83. The average molecular weight is 595 g/mol. The van der Waals surface area contributed by atoms with Crippen LogP contribution in [0.25, 0.3) is 5.76 Å². The van der Waals surface area contributed by atoms with Gasteiger partial charge in [0.25, 0.3) is 0 Å². The zero-order valence-electron chi connectivity index (χ0n) is 21.3. The molecule has 1 atom stereocenters. The monoisotopic (exact) mass is 594 g/mol. The van der Waals surface area contributed by atoms with E-state index in [1.54, 1.807) is 54.6 Å². The highest BCUT2D eigenvalue weighted by molar-refractivity contribution is 9.10. The summed E-state index contributed by atoms with van der Waals surface area (Å²) in [6, 6.07) is 20.8. The van der Waals surface area contributed by atoms with Gasteiger partial charge in [-0.15, -0.1) is 0 Å². The highest BCUT2D eigenvalue weighted by Gasteiger charge is 2.48. The maximum atomic E-state index is 14.2. The molecule has 1 aliphatic carbocycles. The van der Waals surface area contributed by atoms with Crippen molar-refractivity contribution in [3.8, 4) is 0 Å². The topological polar surface area (TPSA) is 64.4 Å². The van der Waals surface area contributed by atoms with Crippen molar-refractivity contribution in [3.05, 3.63) is 117 Å². The Morgan fingerprint density at radius 3 is 2.23 bits per heavy atom. The molecule has 0 bridgehead atoms. The highest BCUT2D eigenvalue weighted by Crippen LogP contribution is 2.52. The molecule has 1 heterocycles. The molecule has 3 aromatic carbocycles. The minimum absolute atomic E-state index is 0.0762. The fraction of sp³-hybridized carbons (Fsp3) is 0.226. The Labute approximate surface area is 233 Å². The van der Waals surface area contributed by atoms with E-state index in [1.807, 2.05) is 13.8 Å². The van der Waals surface area contributed by atoms with E-state index in [0.717, 1.165) is 10.5 Å². The molecule has 2 aliphatic rings. The lowest BCUT2D eigenvalue weighted by Gasteiger charge is -2.45. The molecule has 39 heavy (non-hydrogen) atoms. The summed E-state index contributed by atoms with van der Waals surface area (Å²) in [7, 11) is 0. The summed E-state index contributed by atoms with van der Waals surface area (Å²) >= 11 is 3.43. The summed E-state index contributed by atoms with van der Waals surface area (Å²) in [6.07, 6.45) is -4.21. The third-order valence-corrected chi connectivity index (χ3v) is 7.71. The normalized spacial score (nSPS) is 20.7. The van der Waals surface area contributed by atoms with E-state index in [-0.39, 0.29) is 41.5 Å². The molecule has 1 unspecified atom stereocenters. The van der Waals surface area contributed by atoms with E-state index in [0.29, 0.717) is 22.4 Å². The molecule has 0 aromatic heterocycles. The van der Waals surface area contributed by atoms with E-state index in [1.165, 1.54) is 23.1 Å². The predicted octanol–water partition coefficient (Wildman–Crippen LogP) is 8.66. The smallest absolute Gasteiger partial charge is 0.418 e. The third-order valence-electron chi connectivity index (χ3n) is 7.18. The minimum atomic E-state index is -4.69. The average Bonchev–Trinajstić information content (AvgIpc) is 2.87. The van der Waals surface area contributed by atoms with Crippen LogP contribution >= 0.6 is 15.9 Å². The van der Waals surface area contributed by atoms with Crippen LogP contribution in [0.2, 0.25) is 0 Å². The summed E-state index contributed by atoms with van der Waals surface area (Å²) in [5.41, 5.74) is 0.0959. The number of rotatable bonds is 3. The van der Waals surface area contributed by atoms with Gasteiger partial charge in [0.1, 0.15) is 11.6 Å². The number of anilines is 1. The molecule has 0 spiro atoms. The van der Waals surface area contributed by atoms with Crippen molar-refractivity contribution in [2.75, 3.05) is 4.90 Å². The van der Waals surface area contributed by atoms with Crippen molar-refractivity contribution in [1.29, 1.82) is 5.41 Å². The summed E-state index contributed by atoms with van der Waals surface area (Å²) in [6.45, 7) is 3.79. The van der Waals surface area contributed by atoms with Gasteiger partial charge >= 0.3 is 6.18 Å². The first-order valence-electron chi connectivity index (χ1n) is 12.4. The second-order valence-electron chi connectivity index (χ2n) is 10.6. The number of Topliss-reactive ketones (excluding diaryl/α,β-unsaturated/α-hetero) is 1. The largest absolute Gasteiger partial charge is 0.507 e. The molecule has 0 radical (unpaired) electrons. The van der Waals surface area contributed by atoms with Gasteiger partial charge in [-0.2, -0.15) is 13.2 Å². The van der Waals surface area contributed by atoms with Crippen molar-refractivity contribution in [2.24, 2.45) is 5.41 Å². The predicted molar refractivity (Wildman–Crippen MR) is 150 cm³/mol. The van der Waals surface area contributed by atoms with Gasteiger partial charge in [-0.1, -0.05) is 84.4 Å². The molecule has 8 heteroatoms. The molecule has 3 aromatic rings. The first kappa shape index (κ1) is 26.9. The molecule has 200 valence electrons. The van der Waals surface area contributed by atoms with Gasteiger partial charge in [-0.05, 0) is 41.7 Å². The number of halogens is 4. The third kappa shape index (κ3) is 4.93. The van der Waals surface area contributed by atoms with Gasteiger partial charge in [0.15, 0.2) is 5.78 Å². The number of alkyl halides is 3. The van der Waals surface area contributed by atoms with Gasteiger partial charge < -0.3 is 5.11 Å². The number of carbonyl (C=O) groups excluding carboxylic acids is 1. The number of hydrogen-bond acceptors (Lipinski definition) is 3. The number of amidine groups is 1. The number of ketones is 1. The molecular formula is C31H26BrF3N2O2. The lowest BCUT2D eigenvalue weighted by molar-refractivity contribution is -0.137. The van der Waals surface area contributed by atoms with Crippen molar-refractivity contribution in [3.63, 3.8) is 0 Å². The van der Waals surface area contributed by atoms with Crippen LogP contribution in [0.15, 0.2) is 100 Å². The van der Waals surface area contributed by atoms with Gasteiger partial charge in [0.05, 0.1) is 11.3 Å². The number of para-hydroxylation sites is 1. The van der Waals surface area contributed by atoms with Crippen LogP contribution in [0.4, 0.5) is 18.9 Å². The first-order valence-corrected chi connectivity index (χ1v) is 13.2. The van der Waals surface area contributed by atoms with Crippen molar-refractivity contribution in [2.45, 2.75) is 38.8 Å². The first-order chi connectivity index (χ1) is 18.4. The molecule has 1 aliphatic heterocycles. The van der Waals surface area contributed by atoms with Gasteiger partial charge in [-0.3, -0.25) is 15.1 Å². The zero-order valence-corrected chi connectivity index (χ0v) is 22.9. The Hall–Kier alpha value is -3.65. The van der Waals surface area contributed by atoms with Crippen LogP contribution in [0, 0.1) is 10.8 Å². The number of nitrogens with zero attached hydrogens (tertiary/aromatic N) is 1. The zero-order chi connectivity index (χ0) is 28.1. The molecule has 0 amide bonds. The molecule has 4 nitrogen and oxygen atoms in total. The van der Waals surface area contributed by atoms with E-state index in [9.17, 15) is 28.5 Å². The van der Waals surface area contributed by atoms with E-state index in [2.05, 4.69) is 15.9 Å². The molecule has 2 N–H and O–H groups in total. The summed E-state index contributed by atoms with van der Waals surface area (Å²) < 4.78 is 43.5. The molecule has 0 saturated carbocycles. The van der Waals surface area contributed by atoms with Gasteiger partial charge in [-0.25, -0.2) is 0 Å². The molecule has 5 rings (SSSR count). The number of aliphatic hydroxyl groups is 1. The van der Waals surface area contributed by atoms with Crippen molar-refractivity contribution < 1.29 is 23.1 Å². The Kier molecular flexibility index (Phi) is 6.79. The number of carbonyl (C=O) groups is 1. The maximum absolute atomic E-state index is 14.2. The second-order valence-corrected chi connectivity index (χ2v) is 11.5. The summed E-state index contributed by atoms with van der Waals surface area (Å²) in [5.74, 6) is -1.61. The van der Waals surface area contributed by atoms with E-state index < -0.39 is 23.1 Å². The molecule has 0 saturated heterocycles. The number of hydrogen-bond donors (Lipinski definition) is 2. The SMILES string of the molecule is CC1(C)CC(=O)C2=C(C1)N(c1ccccc1C(F)(F)F)C(=N)C(=C(O)c1ccccc1)C2c1ccc(Br)cc1. The number of allylic oxidation sites excluding steroid dienone is 2. The summed E-state index contributed by atoms with van der Waals surface area (Å²) in [5, 5.41) is 21.0. The number of benzene rings is 3. The van der Waals surface area contributed by atoms with E-state index >= 15 is 0 Å². The maximum Gasteiger partial charge on any atom is 0.418 e. The van der Waals surface area contributed by atoms with Crippen LogP contribution in [-0.2, 0) is 11.0 Å². The van der Waals surface area contributed by atoms with Crippen molar-refractivity contribution in [1.82, 2.24) is 0 Å². The fourth-order valence-corrected chi connectivity index (χ4v) is 5.79. The quantitative estimate of drug-likeness (QED) is 0.298. The minimum Gasteiger partial charge on any atom is -0.507 e. The Balaban J connectivity index is 1.89. The number of aliphatic hydroxyl groups excluding tert-OH is 1. The highest BCUT2D eigenvalue weighted by atomic mass is 79.9. The van der Waals surface area contributed by atoms with Crippen LogP contribution in [0.5, 0.6) is 0 Å². The van der Waals surface area contributed by atoms with Crippen LogP contribution in [-0.4, -0.2) is 16.7 Å². The van der Waals surface area contributed by atoms with E-state index in [4.69, 9.17) is 0 Å². The van der Waals surface area contributed by atoms with Crippen LogP contribution in [0.3, 0.4) is 0 Å². The standard InChI is InChI=1S/C31H26BrF3N2O2/c1-30(2)16-23-26(24(38)17-30)25(18-12-14-20(32)15-13-18)27(28(39)19-8-4-3-5-9-19)29(36)37(23)22-11-7-6-10-21(22)31(33,34)35/h3-15,25,36,39H,16-17H2,1-2H3. The molecule has 0 fully saturated rings. The fourth-order valence-electron chi connectivity index (χ4n) is 5.53. The van der Waals surface area contributed by atoms with Crippen molar-refractivity contribution >= 4 is 39.0 Å². The molecular weight excluding hydrogens is 569 g/mol. The Morgan fingerprint density at radius 1 is 0.974 bits per heavy atom. The van der Waals surface area contributed by atoms with Crippen LogP contribution in [0.1, 0.15) is 49.3 Å². The van der Waals surface area contributed by atoms with Gasteiger partial charge in [0, 0.05) is 39.2 Å². The lowest BCUT2D eigenvalue weighted by atomic mass is 9.67. The summed E-state index contributed by atoms with van der Waals surface area (Å²) in [4.78, 5) is 15.1.